The third kappa shape index (κ3) is 4.39. The van der Waals surface area contributed by atoms with Gasteiger partial charge in [-0.3, -0.25) is 9.69 Å². The second-order valence-corrected chi connectivity index (χ2v) is 7.37. The number of ether oxygens (including phenoxy) is 2. The maximum absolute atomic E-state index is 12.7. The molecule has 148 valence electrons. The molecular formula is C22H27N3O3. The van der Waals surface area contributed by atoms with Gasteiger partial charge in [-0.1, -0.05) is 30.3 Å². The molecule has 6 heteroatoms. The summed E-state index contributed by atoms with van der Waals surface area (Å²) >= 11 is 0. The van der Waals surface area contributed by atoms with Crippen LogP contribution in [0.5, 0.6) is 11.5 Å². The zero-order valence-electron chi connectivity index (χ0n) is 16.3. The Labute approximate surface area is 166 Å². The highest BCUT2D eigenvalue weighted by atomic mass is 16.6. The predicted molar refractivity (Wildman–Crippen MR) is 109 cm³/mol. The van der Waals surface area contributed by atoms with Gasteiger partial charge in [0.1, 0.15) is 6.61 Å². The van der Waals surface area contributed by atoms with E-state index in [0.717, 1.165) is 37.7 Å². The number of carbonyl (C=O) groups excluding carboxylic acids is 1. The molecule has 2 aromatic carbocycles. The number of carbonyl (C=O) groups is 1. The Balaban J connectivity index is 1.23. The molecule has 28 heavy (non-hydrogen) atoms. The van der Waals surface area contributed by atoms with E-state index in [4.69, 9.17) is 9.47 Å². The zero-order chi connectivity index (χ0) is 19.3. The summed E-state index contributed by atoms with van der Waals surface area (Å²) in [5.41, 5.74) is 1.25. The van der Waals surface area contributed by atoms with Crippen LogP contribution in [0, 0.1) is 0 Å². The molecule has 2 aliphatic heterocycles. The molecule has 0 bridgehead atoms. The fourth-order valence-electron chi connectivity index (χ4n) is 3.68. The molecule has 2 heterocycles. The Morgan fingerprint density at radius 1 is 1.00 bits per heavy atom. The number of fused-ring (bicyclic) bond motifs is 1. The molecule has 1 saturated heterocycles. The highest BCUT2D eigenvalue weighted by molar-refractivity contribution is 5.78. The molecule has 0 aliphatic carbocycles. The predicted octanol–water partition coefficient (Wildman–Crippen LogP) is 2.11. The van der Waals surface area contributed by atoms with Crippen LogP contribution in [-0.4, -0.2) is 74.7 Å². The van der Waals surface area contributed by atoms with E-state index in [0.29, 0.717) is 19.7 Å². The minimum Gasteiger partial charge on any atom is -0.486 e. The molecule has 1 amide bonds. The lowest BCUT2D eigenvalue weighted by Gasteiger charge is -2.36. The van der Waals surface area contributed by atoms with E-state index >= 15 is 0 Å². The van der Waals surface area contributed by atoms with Crippen molar-refractivity contribution in [3.63, 3.8) is 0 Å². The summed E-state index contributed by atoms with van der Waals surface area (Å²) in [5, 5.41) is 0. The van der Waals surface area contributed by atoms with Gasteiger partial charge >= 0.3 is 0 Å². The number of benzene rings is 2. The van der Waals surface area contributed by atoms with E-state index in [-0.39, 0.29) is 12.0 Å². The molecular weight excluding hydrogens is 354 g/mol. The van der Waals surface area contributed by atoms with E-state index in [2.05, 4.69) is 34.1 Å². The number of hydrogen-bond acceptors (Lipinski definition) is 5. The second kappa shape index (κ2) is 8.52. The molecule has 0 aromatic heterocycles. The quantitative estimate of drug-likeness (QED) is 0.794. The van der Waals surface area contributed by atoms with Gasteiger partial charge < -0.3 is 19.3 Å². The third-order valence-corrected chi connectivity index (χ3v) is 5.32. The maximum Gasteiger partial charge on any atom is 0.236 e. The van der Waals surface area contributed by atoms with Crippen LogP contribution in [-0.2, 0) is 4.79 Å². The SMILES string of the molecule is CN(C[C@@H]1COc2ccccc2O1)C(=O)CN1CCN(c2ccccc2)CC1. The van der Waals surface area contributed by atoms with Crippen LogP contribution in [0.25, 0.3) is 0 Å². The van der Waals surface area contributed by atoms with Gasteiger partial charge in [0.15, 0.2) is 17.6 Å². The number of nitrogens with zero attached hydrogens (tertiary/aromatic N) is 3. The van der Waals surface area contributed by atoms with Gasteiger partial charge in [-0.2, -0.15) is 0 Å². The molecule has 0 saturated carbocycles. The van der Waals surface area contributed by atoms with E-state index in [1.807, 2.05) is 37.4 Å². The van der Waals surface area contributed by atoms with Crippen LogP contribution in [0.4, 0.5) is 5.69 Å². The summed E-state index contributed by atoms with van der Waals surface area (Å²) in [6, 6.07) is 18.1. The summed E-state index contributed by atoms with van der Waals surface area (Å²) < 4.78 is 11.7. The van der Waals surface area contributed by atoms with Crippen LogP contribution >= 0.6 is 0 Å². The number of piperazine rings is 1. The van der Waals surface area contributed by atoms with Gasteiger partial charge in [-0.15, -0.1) is 0 Å². The first-order valence-corrected chi connectivity index (χ1v) is 9.84. The van der Waals surface area contributed by atoms with Gasteiger partial charge in [0.2, 0.25) is 5.91 Å². The van der Waals surface area contributed by atoms with E-state index in [1.54, 1.807) is 4.90 Å². The molecule has 0 N–H and O–H groups in total. The second-order valence-electron chi connectivity index (χ2n) is 7.37. The van der Waals surface area contributed by atoms with Crippen molar-refractivity contribution in [2.24, 2.45) is 0 Å². The van der Waals surface area contributed by atoms with E-state index in [1.165, 1.54) is 5.69 Å². The number of amides is 1. The van der Waals surface area contributed by atoms with Gasteiger partial charge in [-0.25, -0.2) is 0 Å². The monoisotopic (exact) mass is 381 g/mol. The lowest BCUT2D eigenvalue weighted by molar-refractivity contribution is -0.132. The molecule has 0 unspecified atom stereocenters. The van der Waals surface area contributed by atoms with Gasteiger partial charge in [-0.05, 0) is 24.3 Å². The standard InChI is InChI=1S/C22H27N3O3/c1-23(15-19-17-27-20-9-5-6-10-21(20)28-19)22(26)16-24-11-13-25(14-12-24)18-7-3-2-4-8-18/h2-10,19H,11-17H2,1H3/t19-/m1/s1. The minimum atomic E-state index is -0.140. The van der Waals surface area contributed by atoms with Crippen molar-refractivity contribution >= 4 is 11.6 Å². The average Bonchev–Trinajstić information content (AvgIpc) is 2.75. The summed E-state index contributed by atoms with van der Waals surface area (Å²) in [4.78, 5) is 19.0. The normalized spacial score (nSPS) is 19.3. The van der Waals surface area contributed by atoms with Crippen molar-refractivity contribution in [1.82, 2.24) is 9.80 Å². The number of anilines is 1. The van der Waals surface area contributed by atoms with Crippen molar-refractivity contribution in [2.75, 3.05) is 57.8 Å². The Bertz CT molecular complexity index is 791. The Hall–Kier alpha value is -2.73. The molecule has 2 aromatic rings. The van der Waals surface area contributed by atoms with Crippen LogP contribution in [0.1, 0.15) is 0 Å². The highest BCUT2D eigenvalue weighted by Gasteiger charge is 2.25. The van der Waals surface area contributed by atoms with Crippen molar-refractivity contribution in [3.8, 4) is 11.5 Å². The van der Waals surface area contributed by atoms with Gasteiger partial charge in [0.25, 0.3) is 0 Å². The van der Waals surface area contributed by atoms with Crippen molar-refractivity contribution in [2.45, 2.75) is 6.10 Å². The summed E-state index contributed by atoms with van der Waals surface area (Å²) in [6.07, 6.45) is -0.140. The first-order valence-electron chi connectivity index (χ1n) is 9.84. The summed E-state index contributed by atoms with van der Waals surface area (Å²) in [7, 11) is 1.84. The van der Waals surface area contributed by atoms with Crippen molar-refractivity contribution < 1.29 is 14.3 Å². The largest absolute Gasteiger partial charge is 0.486 e. The fourth-order valence-corrected chi connectivity index (χ4v) is 3.68. The first-order chi connectivity index (χ1) is 13.7. The fraction of sp³-hybridized carbons (Fsp3) is 0.409. The Morgan fingerprint density at radius 2 is 1.68 bits per heavy atom. The molecule has 4 rings (SSSR count). The lowest BCUT2D eigenvalue weighted by atomic mass is 10.2. The third-order valence-electron chi connectivity index (χ3n) is 5.32. The maximum atomic E-state index is 12.7. The van der Waals surface area contributed by atoms with Crippen LogP contribution in [0.15, 0.2) is 54.6 Å². The van der Waals surface area contributed by atoms with E-state index < -0.39 is 0 Å². The van der Waals surface area contributed by atoms with Crippen LogP contribution < -0.4 is 14.4 Å². The van der Waals surface area contributed by atoms with Crippen LogP contribution in [0.2, 0.25) is 0 Å². The summed E-state index contributed by atoms with van der Waals surface area (Å²) in [5.74, 6) is 1.64. The topological polar surface area (TPSA) is 45.3 Å². The Morgan fingerprint density at radius 3 is 2.43 bits per heavy atom. The number of likely N-dealkylation sites (N-methyl/N-ethyl adjacent to an activating group) is 1. The number of hydrogen-bond donors (Lipinski definition) is 0. The molecule has 0 spiro atoms. The number of para-hydroxylation sites is 3. The van der Waals surface area contributed by atoms with Gasteiger partial charge in [0.05, 0.1) is 13.1 Å². The minimum absolute atomic E-state index is 0.121. The molecule has 1 fully saturated rings. The van der Waals surface area contributed by atoms with Crippen molar-refractivity contribution in [3.05, 3.63) is 54.6 Å². The molecule has 2 aliphatic rings. The highest BCUT2D eigenvalue weighted by Crippen LogP contribution is 2.30. The molecule has 1 atom stereocenters. The van der Waals surface area contributed by atoms with Crippen molar-refractivity contribution in [1.29, 1.82) is 0 Å². The average molecular weight is 381 g/mol. The first kappa shape index (κ1) is 18.6. The Kier molecular flexibility index (Phi) is 5.67. The van der Waals surface area contributed by atoms with Crippen LogP contribution in [0.3, 0.4) is 0 Å². The smallest absolute Gasteiger partial charge is 0.236 e. The van der Waals surface area contributed by atoms with Gasteiger partial charge in [0, 0.05) is 38.9 Å². The summed E-state index contributed by atoms with van der Waals surface area (Å²) in [6.45, 7) is 5.11. The lowest BCUT2D eigenvalue weighted by Crippen LogP contribution is -2.51. The van der Waals surface area contributed by atoms with E-state index in [9.17, 15) is 4.79 Å². The molecule has 0 radical (unpaired) electrons. The number of rotatable bonds is 5. The zero-order valence-corrected chi connectivity index (χ0v) is 16.3. The molecule has 6 nitrogen and oxygen atoms in total.